The first-order chi connectivity index (χ1) is 12.1. The first-order valence-corrected chi connectivity index (χ1v) is 10.2. The fourth-order valence-electron chi connectivity index (χ4n) is 7.57. The normalized spacial score (nSPS) is 55.1. The van der Waals surface area contributed by atoms with Gasteiger partial charge in [0, 0.05) is 24.2 Å². The number of ketones is 2. The minimum atomic E-state index is -1.70. The average molecular weight is 364 g/mol. The summed E-state index contributed by atoms with van der Waals surface area (Å²) in [6, 6.07) is 0. The van der Waals surface area contributed by atoms with Crippen molar-refractivity contribution in [3.05, 3.63) is 0 Å². The van der Waals surface area contributed by atoms with Crippen LogP contribution in [-0.4, -0.2) is 44.7 Å². The lowest BCUT2D eigenvalue weighted by atomic mass is 9.44. The number of carbonyl (C=O) groups excluding carboxylic acids is 2. The standard InChI is InChI=1S/C21H32O5/c1-11(22)21(26)18(25)10-15-13-9-17(24)16-8-12(23)4-6-19(16,2)14(13)5-7-20(15,21)3/h11-16,22-23,26H,4-10H2,1-3H3/t11-,12+,13+,14-,15-,16+,19+,20-,21+/m0/s1. The Balaban J connectivity index is 1.72. The van der Waals surface area contributed by atoms with Crippen molar-refractivity contribution in [2.75, 3.05) is 0 Å². The largest absolute Gasteiger partial charge is 0.393 e. The molecule has 5 heteroatoms. The molecule has 0 unspecified atom stereocenters. The van der Waals surface area contributed by atoms with Crippen LogP contribution in [0.2, 0.25) is 0 Å². The summed E-state index contributed by atoms with van der Waals surface area (Å²) in [5.74, 6) is 0.261. The molecule has 5 nitrogen and oxygen atoms in total. The topological polar surface area (TPSA) is 94.8 Å². The van der Waals surface area contributed by atoms with Gasteiger partial charge < -0.3 is 15.3 Å². The highest BCUT2D eigenvalue weighted by Gasteiger charge is 2.70. The fourth-order valence-corrected chi connectivity index (χ4v) is 7.57. The second kappa shape index (κ2) is 5.62. The molecule has 4 rings (SSSR count). The fraction of sp³-hybridized carbons (Fsp3) is 0.905. The quantitative estimate of drug-likeness (QED) is 0.660. The van der Waals surface area contributed by atoms with E-state index in [4.69, 9.17) is 0 Å². The van der Waals surface area contributed by atoms with Gasteiger partial charge in [0.15, 0.2) is 11.4 Å². The number of hydrogen-bond donors (Lipinski definition) is 3. The van der Waals surface area contributed by atoms with Crippen molar-refractivity contribution in [2.45, 2.75) is 83.5 Å². The molecular weight excluding hydrogens is 332 g/mol. The van der Waals surface area contributed by atoms with Crippen molar-refractivity contribution in [2.24, 2.45) is 34.5 Å². The maximum absolute atomic E-state index is 13.0. The Bertz CT molecular complexity index is 644. The Morgan fingerprint density at radius 2 is 1.77 bits per heavy atom. The van der Waals surface area contributed by atoms with Gasteiger partial charge in [0.2, 0.25) is 0 Å². The number of carbonyl (C=O) groups is 2. The van der Waals surface area contributed by atoms with Gasteiger partial charge in [0.1, 0.15) is 5.78 Å². The molecule has 0 bridgehead atoms. The van der Waals surface area contributed by atoms with Gasteiger partial charge in [-0.15, -0.1) is 0 Å². The molecule has 0 radical (unpaired) electrons. The van der Waals surface area contributed by atoms with Crippen LogP contribution in [-0.2, 0) is 9.59 Å². The zero-order valence-corrected chi connectivity index (χ0v) is 16.1. The van der Waals surface area contributed by atoms with Gasteiger partial charge in [-0.25, -0.2) is 0 Å². The number of hydrogen-bond acceptors (Lipinski definition) is 5. The monoisotopic (exact) mass is 364 g/mol. The maximum atomic E-state index is 13.0. The summed E-state index contributed by atoms with van der Waals surface area (Å²) in [5, 5.41) is 31.5. The molecule has 0 aromatic heterocycles. The lowest BCUT2D eigenvalue weighted by Crippen LogP contribution is -2.62. The van der Waals surface area contributed by atoms with Gasteiger partial charge in [-0.05, 0) is 62.2 Å². The van der Waals surface area contributed by atoms with Gasteiger partial charge in [-0.3, -0.25) is 9.59 Å². The van der Waals surface area contributed by atoms with Crippen molar-refractivity contribution >= 4 is 11.6 Å². The molecule has 0 heterocycles. The molecule has 0 aliphatic heterocycles. The van der Waals surface area contributed by atoms with E-state index >= 15 is 0 Å². The molecule has 9 atom stereocenters. The van der Waals surface area contributed by atoms with E-state index in [9.17, 15) is 24.9 Å². The lowest BCUT2D eigenvalue weighted by Gasteiger charge is -2.60. The summed E-state index contributed by atoms with van der Waals surface area (Å²) in [6.45, 7) is 5.65. The van der Waals surface area contributed by atoms with Gasteiger partial charge in [-0.2, -0.15) is 0 Å². The average Bonchev–Trinajstić information content (AvgIpc) is 2.78. The van der Waals surface area contributed by atoms with Crippen LogP contribution in [0.25, 0.3) is 0 Å². The smallest absolute Gasteiger partial charge is 0.167 e. The Labute approximate surface area is 155 Å². The molecule has 4 saturated carbocycles. The number of rotatable bonds is 1. The molecule has 0 aromatic rings. The Morgan fingerprint density at radius 1 is 1.08 bits per heavy atom. The van der Waals surface area contributed by atoms with Crippen molar-refractivity contribution in [1.29, 1.82) is 0 Å². The third-order valence-corrected chi connectivity index (χ3v) is 9.13. The summed E-state index contributed by atoms with van der Waals surface area (Å²) in [4.78, 5) is 25.7. The van der Waals surface area contributed by atoms with Crippen LogP contribution in [0.15, 0.2) is 0 Å². The second-order valence-electron chi connectivity index (χ2n) is 10.1. The van der Waals surface area contributed by atoms with E-state index < -0.39 is 17.1 Å². The van der Waals surface area contributed by atoms with Crippen LogP contribution < -0.4 is 0 Å². The van der Waals surface area contributed by atoms with Crippen LogP contribution >= 0.6 is 0 Å². The third-order valence-electron chi connectivity index (χ3n) is 9.13. The van der Waals surface area contributed by atoms with Gasteiger partial charge in [0.25, 0.3) is 0 Å². The Hall–Kier alpha value is -0.780. The van der Waals surface area contributed by atoms with E-state index in [1.165, 1.54) is 6.92 Å². The van der Waals surface area contributed by atoms with E-state index in [0.29, 0.717) is 25.2 Å². The Kier molecular flexibility index (Phi) is 4.01. The van der Waals surface area contributed by atoms with Crippen LogP contribution in [0.5, 0.6) is 0 Å². The van der Waals surface area contributed by atoms with E-state index in [1.807, 2.05) is 6.92 Å². The van der Waals surface area contributed by atoms with Crippen molar-refractivity contribution in [3.63, 3.8) is 0 Å². The number of Topliss-reactive ketones (excluding diaryl/α,β-unsaturated/α-hetero) is 2. The van der Waals surface area contributed by atoms with E-state index in [0.717, 1.165) is 19.3 Å². The number of aliphatic hydroxyl groups is 3. The predicted octanol–water partition coefficient (Wildman–Crippen LogP) is 1.86. The molecule has 0 saturated heterocycles. The summed E-state index contributed by atoms with van der Waals surface area (Å²) in [6.07, 6.45) is 2.95. The molecule has 0 aromatic carbocycles. The molecule has 146 valence electrons. The van der Waals surface area contributed by atoms with E-state index in [2.05, 4.69) is 6.92 Å². The summed E-state index contributed by atoms with van der Waals surface area (Å²) < 4.78 is 0. The second-order valence-corrected chi connectivity index (χ2v) is 10.1. The molecule has 4 fully saturated rings. The molecule has 4 aliphatic carbocycles. The van der Waals surface area contributed by atoms with Crippen LogP contribution in [0.4, 0.5) is 0 Å². The zero-order chi connectivity index (χ0) is 19.1. The van der Waals surface area contributed by atoms with Crippen molar-refractivity contribution in [1.82, 2.24) is 0 Å². The molecule has 26 heavy (non-hydrogen) atoms. The molecule has 0 amide bonds. The molecule has 4 aliphatic rings. The highest BCUT2D eigenvalue weighted by Crippen LogP contribution is 2.67. The summed E-state index contributed by atoms with van der Waals surface area (Å²) >= 11 is 0. The molecule has 3 N–H and O–H groups in total. The first kappa shape index (κ1) is 18.6. The summed E-state index contributed by atoms with van der Waals surface area (Å²) in [5.41, 5.74) is -2.49. The van der Waals surface area contributed by atoms with Gasteiger partial charge in [0.05, 0.1) is 12.2 Å². The van der Waals surface area contributed by atoms with Crippen molar-refractivity contribution in [3.8, 4) is 0 Å². The number of aliphatic hydroxyl groups excluding tert-OH is 2. The van der Waals surface area contributed by atoms with Crippen molar-refractivity contribution < 1.29 is 24.9 Å². The van der Waals surface area contributed by atoms with Gasteiger partial charge >= 0.3 is 0 Å². The zero-order valence-electron chi connectivity index (χ0n) is 16.1. The summed E-state index contributed by atoms with van der Waals surface area (Å²) in [7, 11) is 0. The lowest BCUT2D eigenvalue weighted by molar-refractivity contribution is -0.189. The van der Waals surface area contributed by atoms with E-state index in [-0.39, 0.29) is 47.3 Å². The SMILES string of the molecule is C[C@H](O)[C@@]1(O)C(=O)C[C@H]2[C@@H]3CC(=O)[C@H]4C[C@H](O)CC[C@]4(C)[C@H]3CC[C@@]21C. The van der Waals surface area contributed by atoms with Gasteiger partial charge in [-0.1, -0.05) is 13.8 Å². The maximum Gasteiger partial charge on any atom is 0.167 e. The Morgan fingerprint density at radius 3 is 2.42 bits per heavy atom. The van der Waals surface area contributed by atoms with E-state index in [1.54, 1.807) is 0 Å². The molecular formula is C21H32O5. The number of fused-ring (bicyclic) bond motifs is 5. The minimum Gasteiger partial charge on any atom is -0.393 e. The van der Waals surface area contributed by atoms with Crippen LogP contribution in [0.1, 0.15) is 65.7 Å². The first-order valence-electron chi connectivity index (χ1n) is 10.2. The third kappa shape index (κ3) is 2.08. The van der Waals surface area contributed by atoms with Crippen LogP contribution in [0.3, 0.4) is 0 Å². The predicted molar refractivity (Wildman–Crippen MR) is 95.1 cm³/mol. The highest BCUT2D eigenvalue weighted by molar-refractivity contribution is 5.92. The van der Waals surface area contributed by atoms with Crippen LogP contribution in [0, 0.1) is 34.5 Å². The highest BCUT2D eigenvalue weighted by atomic mass is 16.4. The molecule has 0 spiro atoms. The minimum absolute atomic E-state index is 0.0538.